The SMILES string of the molecule is CN(C)C1(CNS(=O)(=O)N(C)CCCNC2CC2)CCC1. The van der Waals surface area contributed by atoms with E-state index in [-0.39, 0.29) is 5.54 Å². The molecule has 2 rings (SSSR count). The molecule has 7 heteroatoms. The van der Waals surface area contributed by atoms with E-state index in [1.807, 2.05) is 14.1 Å². The number of hydrogen-bond donors (Lipinski definition) is 2. The summed E-state index contributed by atoms with van der Waals surface area (Å²) in [6.45, 7) is 1.96. The van der Waals surface area contributed by atoms with E-state index in [1.54, 1.807) is 7.05 Å². The Morgan fingerprint density at radius 2 is 1.86 bits per heavy atom. The van der Waals surface area contributed by atoms with Crippen LogP contribution in [0.3, 0.4) is 0 Å². The molecule has 2 aliphatic rings. The Labute approximate surface area is 129 Å². The van der Waals surface area contributed by atoms with E-state index in [1.165, 1.54) is 23.6 Å². The summed E-state index contributed by atoms with van der Waals surface area (Å²) in [6.07, 6.45) is 6.70. The molecular formula is C14H30N4O2S. The average molecular weight is 318 g/mol. The third-order valence-corrected chi connectivity index (χ3v) is 6.40. The molecule has 2 aliphatic carbocycles. The highest BCUT2D eigenvalue weighted by molar-refractivity contribution is 7.87. The van der Waals surface area contributed by atoms with Crippen LogP contribution in [0.15, 0.2) is 0 Å². The third kappa shape index (κ3) is 4.63. The quantitative estimate of drug-likeness (QED) is 0.572. The Balaban J connectivity index is 1.71. The molecule has 0 aromatic heterocycles. The lowest BCUT2D eigenvalue weighted by atomic mass is 9.76. The van der Waals surface area contributed by atoms with Gasteiger partial charge in [-0.3, -0.25) is 0 Å². The van der Waals surface area contributed by atoms with Gasteiger partial charge in [0, 0.05) is 31.7 Å². The molecule has 124 valence electrons. The molecule has 0 aromatic carbocycles. The zero-order valence-electron chi connectivity index (χ0n) is 13.6. The molecule has 0 spiro atoms. The molecule has 2 fully saturated rings. The molecule has 0 aliphatic heterocycles. The lowest BCUT2D eigenvalue weighted by molar-refractivity contribution is 0.0653. The van der Waals surface area contributed by atoms with Crippen molar-refractivity contribution in [1.82, 2.24) is 19.2 Å². The first-order valence-corrected chi connectivity index (χ1v) is 9.41. The minimum absolute atomic E-state index is 0.0153. The number of likely N-dealkylation sites (N-methyl/N-ethyl adjacent to an activating group) is 1. The van der Waals surface area contributed by atoms with Gasteiger partial charge in [0.2, 0.25) is 0 Å². The Morgan fingerprint density at radius 1 is 1.19 bits per heavy atom. The van der Waals surface area contributed by atoms with Crippen LogP contribution in [0.1, 0.15) is 38.5 Å². The molecular weight excluding hydrogens is 288 g/mol. The lowest BCUT2D eigenvalue weighted by Crippen LogP contribution is -2.58. The van der Waals surface area contributed by atoms with Crippen molar-refractivity contribution in [3.63, 3.8) is 0 Å². The van der Waals surface area contributed by atoms with Crippen LogP contribution in [0.5, 0.6) is 0 Å². The Bertz CT molecular complexity index is 430. The van der Waals surface area contributed by atoms with Crippen LogP contribution in [-0.2, 0) is 10.2 Å². The molecule has 0 radical (unpaired) electrons. The number of nitrogens with zero attached hydrogens (tertiary/aromatic N) is 2. The maximum Gasteiger partial charge on any atom is 0.279 e. The minimum Gasteiger partial charge on any atom is -0.314 e. The van der Waals surface area contributed by atoms with Crippen molar-refractivity contribution in [3.05, 3.63) is 0 Å². The van der Waals surface area contributed by atoms with Gasteiger partial charge in [0.15, 0.2) is 0 Å². The van der Waals surface area contributed by atoms with Crippen molar-refractivity contribution in [3.8, 4) is 0 Å². The van der Waals surface area contributed by atoms with E-state index < -0.39 is 10.2 Å². The summed E-state index contributed by atoms with van der Waals surface area (Å²) in [5.74, 6) is 0. The van der Waals surface area contributed by atoms with E-state index in [2.05, 4.69) is 14.9 Å². The van der Waals surface area contributed by atoms with E-state index in [9.17, 15) is 8.42 Å². The second kappa shape index (κ2) is 6.91. The van der Waals surface area contributed by atoms with Gasteiger partial charge in [-0.2, -0.15) is 12.7 Å². The van der Waals surface area contributed by atoms with Gasteiger partial charge in [-0.25, -0.2) is 4.72 Å². The fourth-order valence-electron chi connectivity index (χ4n) is 2.72. The van der Waals surface area contributed by atoms with Crippen LogP contribution in [0.25, 0.3) is 0 Å². The summed E-state index contributed by atoms with van der Waals surface area (Å²) in [4.78, 5) is 2.15. The fourth-order valence-corrected chi connectivity index (χ4v) is 3.76. The highest BCUT2D eigenvalue weighted by Gasteiger charge is 2.40. The van der Waals surface area contributed by atoms with Crippen LogP contribution >= 0.6 is 0 Å². The predicted molar refractivity (Wildman–Crippen MR) is 85.5 cm³/mol. The van der Waals surface area contributed by atoms with Gasteiger partial charge in [-0.1, -0.05) is 0 Å². The van der Waals surface area contributed by atoms with E-state index in [0.29, 0.717) is 19.1 Å². The predicted octanol–water partition coefficient (Wildman–Crippen LogP) is 0.379. The molecule has 0 bridgehead atoms. The van der Waals surface area contributed by atoms with E-state index in [0.717, 1.165) is 25.8 Å². The fraction of sp³-hybridized carbons (Fsp3) is 1.00. The summed E-state index contributed by atoms with van der Waals surface area (Å²) in [7, 11) is 2.35. The maximum absolute atomic E-state index is 12.3. The Morgan fingerprint density at radius 3 is 2.33 bits per heavy atom. The summed E-state index contributed by atoms with van der Waals surface area (Å²) < 4.78 is 28.7. The van der Waals surface area contributed by atoms with Crippen molar-refractivity contribution in [2.45, 2.75) is 50.1 Å². The van der Waals surface area contributed by atoms with Crippen LogP contribution in [0, 0.1) is 0 Å². The first-order valence-electron chi connectivity index (χ1n) is 7.97. The average Bonchev–Trinajstić information content (AvgIpc) is 3.16. The van der Waals surface area contributed by atoms with Crippen LogP contribution in [0.4, 0.5) is 0 Å². The maximum atomic E-state index is 12.3. The number of hydrogen-bond acceptors (Lipinski definition) is 4. The van der Waals surface area contributed by atoms with Crippen LogP contribution in [0.2, 0.25) is 0 Å². The van der Waals surface area contributed by atoms with Crippen molar-refractivity contribution in [2.75, 3.05) is 40.8 Å². The molecule has 0 atom stereocenters. The standard InChI is InChI=1S/C14H30N4O2S/c1-17(2)14(8-4-9-14)12-16-21(19,20)18(3)11-5-10-15-13-6-7-13/h13,15-16H,4-12H2,1-3H3. The van der Waals surface area contributed by atoms with Gasteiger partial charge in [0.25, 0.3) is 10.2 Å². The third-order valence-electron chi connectivity index (χ3n) is 4.89. The van der Waals surface area contributed by atoms with Crippen molar-refractivity contribution < 1.29 is 8.42 Å². The molecule has 21 heavy (non-hydrogen) atoms. The van der Waals surface area contributed by atoms with Gasteiger partial charge < -0.3 is 10.2 Å². The van der Waals surface area contributed by atoms with Gasteiger partial charge in [-0.15, -0.1) is 0 Å². The second-order valence-corrected chi connectivity index (χ2v) is 8.56. The minimum atomic E-state index is -3.36. The molecule has 2 saturated carbocycles. The summed E-state index contributed by atoms with van der Waals surface area (Å²) in [6, 6.07) is 0.684. The Kier molecular flexibility index (Phi) is 5.65. The molecule has 0 aromatic rings. The normalized spacial score (nSPS) is 21.8. The van der Waals surface area contributed by atoms with Gasteiger partial charge in [0.05, 0.1) is 0 Å². The van der Waals surface area contributed by atoms with Crippen LogP contribution < -0.4 is 10.0 Å². The molecule has 0 unspecified atom stereocenters. The second-order valence-electron chi connectivity index (χ2n) is 6.70. The zero-order chi connectivity index (χ0) is 15.5. The molecule has 0 saturated heterocycles. The van der Waals surface area contributed by atoms with E-state index >= 15 is 0 Å². The van der Waals surface area contributed by atoms with Crippen molar-refractivity contribution >= 4 is 10.2 Å². The van der Waals surface area contributed by atoms with Crippen molar-refractivity contribution in [2.24, 2.45) is 0 Å². The molecule has 0 heterocycles. The van der Waals surface area contributed by atoms with Crippen molar-refractivity contribution in [1.29, 1.82) is 0 Å². The lowest BCUT2D eigenvalue weighted by Gasteiger charge is -2.47. The van der Waals surface area contributed by atoms with E-state index in [4.69, 9.17) is 0 Å². The molecule has 2 N–H and O–H groups in total. The number of rotatable bonds is 10. The first kappa shape index (κ1) is 17.1. The highest BCUT2D eigenvalue weighted by Crippen LogP contribution is 2.35. The topological polar surface area (TPSA) is 64.7 Å². The smallest absolute Gasteiger partial charge is 0.279 e. The van der Waals surface area contributed by atoms with Crippen LogP contribution in [-0.4, -0.2) is 70.0 Å². The molecule has 6 nitrogen and oxygen atoms in total. The zero-order valence-corrected chi connectivity index (χ0v) is 14.4. The van der Waals surface area contributed by atoms with Gasteiger partial charge >= 0.3 is 0 Å². The number of nitrogens with one attached hydrogen (secondary N) is 2. The molecule has 0 amide bonds. The van der Waals surface area contributed by atoms with Gasteiger partial charge in [0.1, 0.15) is 0 Å². The summed E-state index contributed by atoms with van der Waals surface area (Å²) in [5, 5.41) is 3.40. The summed E-state index contributed by atoms with van der Waals surface area (Å²) >= 11 is 0. The first-order chi connectivity index (χ1) is 9.86. The monoisotopic (exact) mass is 318 g/mol. The summed E-state index contributed by atoms with van der Waals surface area (Å²) in [5.41, 5.74) is 0.0153. The largest absolute Gasteiger partial charge is 0.314 e. The van der Waals surface area contributed by atoms with Gasteiger partial charge in [-0.05, 0) is 59.2 Å². The Hall–Kier alpha value is -0.210. The highest BCUT2D eigenvalue weighted by atomic mass is 32.2.